The van der Waals surface area contributed by atoms with Crippen LogP contribution in [0.3, 0.4) is 0 Å². The van der Waals surface area contributed by atoms with Gasteiger partial charge in [0.2, 0.25) is 5.91 Å². The molecule has 1 saturated heterocycles. The van der Waals surface area contributed by atoms with Crippen LogP contribution in [0.4, 0.5) is 0 Å². The monoisotopic (exact) mass is 783 g/mol. The van der Waals surface area contributed by atoms with E-state index in [0.29, 0.717) is 38.2 Å². The molecule has 8 heteroatoms. The predicted molar refractivity (Wildman–Crippen MR) is 238 cm³/mol. The summed E-state index contributed by atoms with van der Waals surface area (Å²) in [5, 5.41) is 18.5. The second-order valence-electron chi connectivity index (χ2n) is 16.4. The molecule has 3 N–H and O–H groups in total. The van der Waals surface area contributed by atoms with E-state index in [4.69, 9.17) is 19.7 Å². The number of ether oxygens (including phenoxy) is 1. The average molecular weight is 784 g/mol. The number of nitrogens with zero attached hydrogens (tertiary/aromatic N) is 3. The molecule has 0 radical (unpaired) electrons. The largest absolute Gasteiger partial charge is 0.511 e. The first-order valence-corrected chi connectivity index (χ1v) is 20.9. The van der Waals surface area contributed by atoms with Crippen LogP contribution in [0.5, 0.6) is 0 Å². The molecule has 2 unspecified atom stereocenters. The van der Waals surface area contributed by atoms with Crippen LogP contribution in [0.1, 0.15) is 96.4 Å². The molecule has 1 amide bonds. The molecule has 59 heavy (non-hydrogen) atoms. The molecule has 8 rings (SSSR count). The van der Waals surface area contributed by atoms with E-state index in [0.717, 1.165) is 108 Å². The Hall–Kier alpha value is -6.04. The molecule has 1 aliphatic carbocycles. The van der Waals surface area contributed by atoms with Gasteiger partial charge in [-0.25, -0.2) is 15.0 Å². The normalized spacial score (nSPS) is 21.2. The topological polar surface area (TPSA) is 108 Å². The van der Waals surface area contributed by atoms with Crippen LogP contribution in [0, 0.1) is 30.6 Å². The molecule has 0 aromatic heterocycles. The van der Waals surface area contributed by atoms with Crippen LogP contribution in [-0.2, 0) is 22.7 Å². The van der Waals surface area contributed by atoms with E-state index in [1.807, 2.05) is 26.0 Å². The second kappa shape index (κ2) is 16.3. The van der Waals surface area contributed by atoms with Gasteiger partial charge in [-0.1, -0.05) is 61.7 Å². The third kappa shape index (κ3) is 7.68. The van der Waals surface area contributed by atoms with Gasteiger partial charge in [-0.3, -0.25) is 4.79 Å². The molecule has 3 atom stereocenters. The SMILES string of the molecule is CC#Cc1cccc(COC(C)C2=C(C)C3=NC2=CC2=NC(=CC4=C(C)C5=C(O)CC(=C6NC(=C3)C(C)[C@@H]6CCC(=O)NCc3ccc(C)cc3)C5=N4)C(CC)=C2C)c1. The Labute approximate surface area is 348 Å². The summed E-state index contributed by atoms with van der Waals surface area (Å²) in [4.78, 5) is 29.1. The number of hydrogen-bond donors (Lipinski definition) is 3. The van der Waals surface area contributed by atoms with Crippen molar-refractivity contribution in [2.45, 2.75) is 100 Å². The zero-order valence-corrected chi connectivity index (χ0v) is 35.4. The number of aliphatic imine (C=N–C) groups is 3. The van der Waals surface area contributed by atoms with E-state index in [2.05, 4.69) is 119 Å². The fourth-order valence-electron chi connectivity index (χ4n) is 9.11. The van der Waals surface area contributed by atoms with Crippen molar-refractivity contribution in [3.63, 3.8) is 0 Å². The van der Waals surface area contributed by atoms with Crippen molar-refractivity contribution in [1.82, 2.24) is 10.6 Å². The Bertz CT molecular complexity index is 2590. The van der Waals surface area contributed by atoms with Crippen molar-refractivity contribution >= 4 is 23.0 Å². The lowest BCUT2D eigenvalue weighted by Gasteiger charge is -2.18. The van der Waals surface area contributed by atoms with Crippen molar-refractivity contribution in [3.05, 3.63) is 162 Å². The fraction of sp³-hybridized carbons (Fsp3) is 0.333. The van der Waals surface area contributed by atoms with Crippen LogP contribution >= 0.6 is 0 Å². The summed E-state index contributed by atoms with van der Waals surface area (Å²) in [5.41, 5.74) is 18.5. The van der Waals surface area contributed by atoms with Crippen LogP contribution in [0.2, 0.25) is 0 Å². The number of rotatable bonds is 10. The van der Waals surface area contributed by atoms with Crippen molar-refractivity contribution in [1.29, 1.82) is 0 Å². The van der Waals surface area contributed by atoms with Gasteiger partial charge in [0, 0.05) is 64.9 Å². The third-order valence-electron chi connectivity index (χ3n) is 12.5. The van der Waals surface area contributed by atoms with Gasteiger partial charge in [-0.05, 0) is 118 Å². The number of amides is 1. The van der Waals surface area contributed by atoms with Gasteiger partial charge in [-0.15, -0.1) is 5.92 Å². The Morgan fingerprint density at radius 1 is 0.966 bits per heavy atom. The molecule has 8 bridgehead atoms. The molecule has 0 saturated carbocycles. The van der Waals surface area contributed by atoms with Crippen LogP contribution in [0.15, 0.2) is 155 Å². The number of aryl methyl sites for hydroxylation is 1. The first-order valence-electron chi connectivity index (χ1n) is 20.9. The van der Waals surface area contributed by atoms with E-state index in [1.54, 1.807) is 0 Å². The molecule has 2 aromatic rings. The van der Waals surface area contributed by atoms with Crippen molar-refractivity contribution in [3.8, 4) is 11.8 Å². The maximum absolute atomic E-state index is 13.4. The number of aliphatic hydroxyl groups excluding tert-OH is 1. The minimum Gasteiger partial charge on any atom is -0.511 e. The van der Waals surface area contributed by atoms with E-state index < -0.39 is 0 Å². The third-order valence-corrected chi connectivity index (χ3v) is 12.5. The van der Waals surface area contributed by atoms with Gasteiger partial charge < -0.3 is 20.5 Å². The lowest BCUT2D eigenvalue weighted by Crippen LogP contribution is -2.24. The minimum atomic E-state index is -0.265. The first-order chi connectivity index (χ1) is 28.4. The molecular formula is C51H53N5O3. The maximum atomic E-state index is 13.4. The number of nitrogens with one attached hydrogen (secondary N) is 2. The summed E-state index contributed by atoms with van der Waals surface area (Å²) >= 11 is 0. The zero-order valence-electron chi connectivity index (χ0n) is 35.4. The van der Waals surface area contributed by atoms with Gasteiger partial charge in [-0.2, -0.15) is 0 Å². The maximum Gasteiger partial charge on any atom is 0.220 e. The highest BCUT2D eigenvalue weighted by molar-refractivity contribution is 6.21. The molecule has 300 valence electrons. The summed E-state index contributed by atoms with van der Waals surface area (Å²) < 4.78 is 6.62. The highest BCUT2D eigenvalue weighted by Crippen LogP contribution is 2.46. The van der Waals surface area contributed by atoms with Gasteiger partial charge in [0.25, 0.3) is 0 Å². The molecule has 0 spiro atoms. The molecule has 2 aromatic carbocycles. The van der Waals surface area contributed by atoms with Crippen LogP contribution in [0.25, 0.3) is 0 Å². The Kier molecular flexibility index (Phi) is 11.0. The molecule has 1 fully saturated rings. The smallest absolute Gasteiger partial charge is 0.220 e. The van der Waals surface area contributed by atoms with Gasteiger partial charge in [0.15, 0.2) is 0 Å². The van der Waals surface area contributed by atoms with Gasteiger partial charge in [0.1, 0.15) is 5.76 Å². The van der Waals surface area contributed by atoms with Crippen molar-refractivity contribution < 1.29 is 14.6 Å². The van der Waals surface area contributed by atoms with Gasteiger partial charge >= 0.3 is 0 Å². The Morgan fingerprint density at radius 3 is 2.49 bits per heavy atom. The number of carbonyl (C=O) groups excluding carboxylic acids is 1. The highest BCUT2D eigenvalue weighted by atomic mass is 16.5. The average Bonchev–Trinajstić information content (AvgIpc) is 3.98. The lowest BCUT2D eigenvalue weighted by molar-refractivity contribution is -0.121. The van der Waals surface area contributed by atoms with E-state index in [1.165, 1.54) is 5.56 Å². The number of carbonyl (C=O) groups is 1. The number of allylic oxidation sites excluding steroid dienone is 11. The standard InChI is InChI=1S/C51H53N5O3/c1-9-12-34-13-11-14-36(21-34)27-59-33(8)48-31(6)42-23-41-30(5)38(19-20-47(58)52-26-35-17-15-28(3)16-18-35)50(55-41)39-22-46(57)49-32(7)43(56-51(39)49)24-44-37(10-2)29(4)40(53-44)25-45(48)54-42/h11,13-18,21,23-25,30,33,38,55,57H,10,19-20,22,26-27H2,1-8H3,(H,52,58)/t30?,33?,38-/m0/s1. The summed E-state index contributed by atoms with van der Waals surface area (Å²) in [7, 11) is 0. The minimum absolute atomic E-state index is 0.00958. The van der Waals surface area contributed by atoms with E-state index >= 15 is 0 Å². The predicted octanol–water partition coefficient (Wildman–Crippen LogP) is 10.0. The number of hydrogen-bond acceptors (Lipinski definition) is 7. The lowest BCUT2D eigenvalue weighted by atomic mass is 9.86. The van der Waals surface area contributed by atoms with E-state index in [-0.39, 0.29) is 23.8 Å². The zero-order chi connectivity index (χ0) is 41.5. The summed E-state index contributed by atoms with van der Waals surface area (Å²) in [5.74, 6) is 6.51. The summed E-state index contributed by atoms with van der Waals surface area (Å²) in [6.45, 7) is 17.6. The second-order valence-corrected chi connectivity index (χ2v) is 16.4. The summed E-state index contributed by atoms with van der Waals surface area (Å²) in [6.07, 6.45) is 8.27. The fourth-order valence-corrected chi connectivity index (χ4v) is 9.11. The number of fused-ring (bicyclic) bond motifs is 5. The van der Waals surface area contributed by atoms with Gasteiger partial charge in [0.05, 0.1) is 46.9 Å². The Morgan fingerprint density at radius 2 is 1.73 bits per heavy atom. The molecule has 5 heterocycles. The first kappa shape index (κ1) is 39.8. The van der Waals surface area contributed by atoms with Crippen molar-refractivity contribution in [2.75, 3.05) is 0 Å². The van der Waals surface area contributed by atoms with E-state index in [9.17, 15) is 9.90 Å². The van der Waals surface area contributed by atoms with Crippen LogP contribution < -0.4 is 10.6 Å². The Balaban J connectivity index is 1.18. The summed E-state index contributed by atoms with van der Waals surface area (Å²) in [6, 6.07) is 16.4. The molecule has 8 nitrogen and oxygen atoms in total. The quantitative estimate of drug-likeness (QED) is 0.209. The van der Waals surface area contributed by atoms with Crippen molar-refractivity contribution in [2.24, 2.45) is 26.8 Å². The molecule has 6 aliphatic rings. The highest BCUT2D eigenvalue weighted by Gasteiger charge is 2.41. The molecule has 5 aliphatic heterocycles. The van der Waals surface area contributed by atoms with Crippen LogP contribution in [-0.4, -0.2) is 34.3 Å². The molecular weight excluding hydrogens is 731 g/mol. The number of benzene rings is 2. The number of aliphatic hydroxyl groups is 1.